The number of amides is 3. The summed E-state index contributed by atoms with van der Waals surface area (Å²) in [7, 11) is 3.43. The van der Waals surface area contributed by atoms with E-state index in [1.807, 2.05) is 13.8 Å². The fraction of sp³-hybridized carbons (Fsp3) is 0.727. The molecule has 3 aliphatic rings. The Hall–Kier alpha value is -2.11. The average Bonchev–Trinajstić information content (AvgIpc) is 3.29. The van der Waals surface area contributed by atoms with E-state index in [0.717, 1.165) is 13.0 Å². The van der Waals surface area contributed by atoms with Gasteiger partial charge in [0, 0.05) is 42.8 Å². The first-order valence-corrected chi connectivity index (χ1v) is 12.4. The summed E-state index contributed by atoms with van der Waals surface area (Å²) in [6.45, 7) is 7.27. The number of rotatable bonds is 10. The van der Waals surface area contributed by atoms with Gasteiger partial charge in [-0.1, -0.05) is 13.8 Å². The minimum Gasteiger partial charge on any atom is -0.477 e. The highest BCUT2D eigenvalue weighted by Gasteiger charge is 2.60. The standard InChI is InChI=1S/C22H35N5O5S/c1-6-7-23-10-15(28)25-12(3)16-17-11(2)19(18(22(31)32)27(17)21(16)30)33-13-8-14(24-9-13)20(29)26(4)5/h11-14,16-17,23-24H,6-10H2,1-5H3,(H,25,28)(H,31,32)/t11-,12?,13+,14+,16-,17-/m1/s1. The highest BCUT2D eigenvalue weighted by atomic mass is 32.2. The number of thioether (sulfide) groups is 1. The lowest BCUT2D eigenvalue weighted by atomic mass is 9.78. The summed E-state index contributed by atoms with van der Waals surface area (Å²) in [5, 5.41) is 19.1. The third-order valence-electron chi connectivity index (χ3n) is 6.55. The Morgan fingerprint density at radius 1 is 1.33 bits per heavy atom. The zero-order valence-electron chi connectivity index (χ0n) is 19.9. The zero-order valence-corrected chi connectivity index (χ0v) is 20.7. The van der Waals surface area contributed by atoms with Crippen molar-refractivity contribution in [3.8, 4) is 0 Å². The summed E-state index contributed by atoms with van der Waals surface area (Å²) in [6.07, 6.45) is 1.52. The molecule has 0 saturated carbocycles. The van der Waals surface area contributed by atoms with Crippen molar-refractivity contribution in [2.45, 2.75) is 57.0 Å². The number of carboxylic acid groups (broad SMARTS) is 1. The van der Waals surface area contributed by atoms with Crippen molar-refractivity contribution in [3.05, 3.63) is 10.6 Å². The van der Waals surface area contributed by atoms with Gasteiger partial charge in [0.2, 0.25) is 17.7 Å². The molecule has 3 amide bonds. The molecule has 0 aliphatic carbocycles. The van der Waals surface area contributed by atoms with Crippen LogP contribution in [0.5, 0.6) is 0 Å². The Labute approximate surface area is 198 Å². The largest absolute Gasteiger partial charge is 0.477 e. The third-order valence-corrected chi connectivity index (χ3v) is 8.07. The highest BCUT2D eigenvalue weighted by molar-refractivity contribution is 8.03. The quantitative estimate of drug-likeness (QED) is 0.250. The maximum atomic E-state index is 13.0. The van der Waals surface area contributed by atoms with E-state index < -0.39 is 17.9 Å². The van der Waals surface area contributed by atoms with Crippen LogP contribution in [0.2, 0.25) is 0 Å². The van der Waals surface area contributed by atoms with E-state index in [1.54, 1.807) is 25.9 Å². The number of hydrogen-bond acceptors (Lipinski definition) is 7. The number of hydrogen-bond donors (Lipinski definition) is 4. The lowest BCUT2D eigenvalue weighted by Gasteiger charge is -2.47. The van der Waals surface area contributed by atoms with Crippen LogP contribution in [0, 0.1) is 11.8 Å². The van der Waals surface area contributed by atoms with Crippen molar-refractivity contribution in [2.24, 2.45) is 11.8 Å². The molecule has 3 heterocycles. The second kappa shape index (κ2) is 10.4. The van der Waals surface area contributed by atoms with E-state index in [2.05, 4.69) is 16.0 Å². The number of nitrogens with zero attached hydrogens (tertiary/aromatic N) is 2. The lowest BCUT2D eigenvalue weighted by Crippen LogP contribution is -2.66. The molecule has 1 unspecified atom stereocenters. The molecule has 0 aromatic heterocycles. The minimum absolute atomic E-state index is 0.00191. The molecule has 0 bridgehead atoms. The van der Waals surface area contributed by atoms with Crippen LogP contribution in [-0.4, -0.2) is 95.7 Å². The molecule has 184 valence electrons. The Balaban J connectivity index is 1.68. The van der Waals surface area contributed by atoms with E-state index in [1.165, 1.54) is 16.7 Å². The molecule has 0 radical (unpaired) electrons. The van der Waals surface area contributed by atoms with Crippen LogP contribution >= 0.6 is 11.8 Å². The number of carbonyl (C=O) groups excluding carboxylic acids is 3. The molecule has 0 aromatic rings. The third kappa shape index (κ3) is 5.04. The van der Waals surface area contributed by atoms with Gasteiger partial charge >= 0.3 is 5.97 Å². The van der Waals surface area contributed by atoms with Gasteiger partial charge in [-0.15, -0.1) is 11.8 Å². The second-order valence-electron chi connectivity index (χ2n) is 9.23. The molecule has 3 aliphatic heterocycles. The molecule has 0 aromatic carbocycles. The normalized spacial score (nSPS) is 29.5. The van der Waals surface area contributed by atoms with Crippen LogP contribution in [-0.2, 0) is 19.2 Å². The predicted molar refractivity (Wildman–Crippen MR) is 125 cm³/mol. The molecule has 0 spiro atoms. The van der Waals surface area contributed by atoms with Gasteiger partial charge in [0.25, 0.3) is 0 Å². The first kappa shape index (κ1) is 25.5. The van der Waals surface area contributed by atoms with Gasteiger partial charge in [-0.3, -0.25) is 14.4 Å². The monoisotopic (exact) mass is 481 g/mol. The molecule has 11 heteroatoms. The summed E-state index contributed by atoms with van der Waals surface area (Å²) in [6, 6.07) is -0.976. The van der Waals surface area contributed by atoms with Crippen molar-refractivity contribution in [2.75, 3.05) is 33.7 Å². The minimum atomic E-state index is -1.12. The molecule has 2 fully saturated rings. The summed E-state index contributed by atoms with van der Waals surface area (Å²) < 4.78 is 0. The van der Waals surface area contributed by atoms with Gasteiger partial charge < -0.3 is 30.9 Å². The lowest BCUT2D eigenvalue weighted by molar-refractivity contribution is -0.158. The van der Waals surface area contributed by atoms with Gasteiger partial charge in [0.15, 0.2) is 0 Å². The van der Waals surface area contributed by atoms with Crippen LogP contribution < -0.4 is 16.0 Å². The first-order chi connectivity index (χ1) is 15.6. The molecule has 2 saturated heterocycles. The van der Waals surface area contributed by atoms with E-state index in [4.69, 9.17) is 0 Å². The van der Waals surface area contributed by atoms with E-state index in [9.17, 15) is 24.3 Å². The number of carboxylic acids is 1. The number of carbonyl (C=O) groups is 4. The van der Waals surface area contributed by atoms with Gasteiger partial charge in [-0.05, 0) is 26.3 Å². The molecule has 6 atom stereocenters. The maximum absolute atomic E-state index is 13.0. The van der Waals surface area contributed by atoms with Gasteiger partial charge in [0.1, 0.15) is 5.70 Å². The Morgan fingerprint density at radius 3 is 2.64 bits per heavy atom. The Kier molecular flexibility index (Phi) is 8.07. The fourth-order valence-corrected chi connectivity index (χ4v) is 6.42. The number of β-lactam (4-membered cyclic amide) rings is 1. The summed E-state index contributed by atoms with van der Waals surface area (Å²) in [5.74, 6) is -2.19. The fourth-order valence-electron chi connectivity index (χ4n) is 4.94. The molecule has 4 N–H and O–H groups in total. The number of likely N-dealkylation sites (N-methyl/N-ethyl adjacent to an activating group) is 1. The van der Waals surface area contributed by atoms with Crippen LogP contribution in [0.25, 0.3) is 0 Å². The van der Waals surface area contributed by atoms with Crippen molar-refractivity contribution < 1.29 is 24.3 Å². The van der Waals surface area contributed by atoms with Crippen molar-refractivity contribution in [1.82, 2.24) is 25.8 Å². The maximum Gasteiger partial charge on any atom is 0.353 e. The summed E-state index contributed by atoms with van der Waals surface area (Å²) >= 11 is 1.46. The van der Waals surface area contributed by atoms with Crippen LogP contribution in [0.3, 0.4) is 0 Å². The molecule has 10 nitrogen and oxygen atoms in total. The van der Waals surface area contributed by atoms with Crippen molar-refractivity contribution >= 4 is 35.5 Å². The first-order valence-electron chi connectivity index (χ1n) is 11.5. The van der Waals surface area contributed by atoms with Crippen LogP contribution in [0.15, 0.2) is 10.6 Å². The highest BCUT2D eigenvalue weighted by Crippen LogP contribution is 2.51. The van der Waals surface area contributed by atoms with E-state index >= 15 is 0 Å². The van der Waals surface area contributed by atoms with Gasteiger partial charge in [-0.25, -0.2) is 4.79 Å². The van der Waals surface area contributed by atoms with Crippen LogP contribution in [0.1, 0.15) is 33.6 Å². The number of nitrogens with one attached hydrogen (secondary N) is 3. The Bertz CT molecular complexity index is 847. The van der Waals surface area contributed by atoms with Gasteiger partial charge in [0.05, 0.1) is 24.5 Å². The smallest absolute Gasteiger partial charge is 0.353 e. The Morgan fingerprint density at radius 2 is 2.03 bits per heavy atom. The van der Waals surface area contributed by atoms with Crippen molar-refractivity contribution in [3.63, 3.8) is 0 Å². The SMILES string of the molecule is CCCNCC(=O)NC(C)[C@H]1C(=O)N2C(C(=O)O)=C(S[C@@H]3CN[C@H](C(=O)N(C)C)C3)[C@H](C)[C@H]12. The van der Waals surface area contributed by atoms with E-state index in [-0.39, 0.29) is 53.2 Å². The number of fused-ring (bicyclic) bond motifs is 1. The van der Waals surface area contributed by atoms with Gasteiger partial charge in [-0.2, -0.15) is 0 Å². The topological polar surface area (TPSA) is 131 Å². The zero-order chi connectivity index (χ0) is 24.4. The summed E-state index contributed by atoms with van der Waals surface area (Å²) in [4.78, 5) is 53.2. The molecular weight excluding hydrogens is 446 g/mol. The van der Waals surface area contributed by atoms with Crippen LogP contribution in [0.4, 0.5) is 0 Å². The number of aliphatic carboxylic acids is 1. The summed E-state index contributed by atoms with van der Waals surface area (Å²) in [5.41, 5.74) is 0.0456. The molecule has 3 rings (SSSR count). The predicted octanol–water partition coefficient (Wildman–Crippen LogP) is -0.184. The van der Waals surface area contributed by atoms with Crippen molar-refractivity contribution in [1.29, 1.82) is 0 Å². The second-order valence-corrected chi connectivity index (χ2v) is 10.6. The molecular formula is C22H35N5O5S. The average molecular weight is 482 g/mol. The molecule has 33 heavy (non-hydrogen) atoms. The van der Waals surface area contributed by atoms with E-state index in [0.29, 0.717) is 17.9 Å².